The first-order chi connectivity index (χ1) is 15.9. The summed E-state index contributed by atoms with van der Waals surface area (Å²) in [4.78, 5) is 24.8. The number of benzene rings is 2. The van der Waals surface area contributed by atoms with Crippen molar-refractivity contribution in [3.05, 3.63) is 47.5 Å². The average Bonchev–Trinajstić information content (AvgIpc) is 2.84. The summed E-state index contributed by atoms with van der Waals surface area (Å²) >= 11 is 5.08. The van der Waals surface area contributed by atoms with Crippen LogP contribution in [0, 0.1) is 0 Å². The number of hydrazine groups is 1. The van der Waals surface area contributed by atoms with E-state index in [1.807, 2.05) is 6.92 Å². The van der Waals surface area contributed by atoms with E-state index in [9.17, 15) is 9.59 Å². The summed E-state index contributed by atoms with van der Waals surface area (Å²) in [6, 6.07) is 9.51. The van der Waals surface area contributed by atoms with Gasteiger partial charge in [0.15, 0.2) is 16.6 Å². The fourth-order valence-electron chi connectivity index (χ4n) is 2.67. The molecule has 0 fully saturated rings. The van der Waals surface area contributed by atoms with E-state index in [4.69, 9.17) is 35.9 Å². The van der Waals surface area contributed by atoms with Crippen LogP contribution in [0.25, 0.3) is 0 Å². The van der Waals surface area contributed by atoms with Crippen molar-refractivity contribution in [1.29, 1.82) is 0 Å². The van der Waals surface area contributed by atoms with Gasteiger partial charge in [-0.15, -0.1) is 0 Å². The van der Waals surface area contributed by atoms with Gasteiger partial charge in [0, 0.05) is 17.7 Å². The molecular weight excluding hydrogens is 450 g/mol. The minimum atomic E-state index is -0.528. The lowest BCUT2D eigenvalue weighted by Crippen LogP contribution is -2.48. The highest BCUT2D eigenvalue weighted by atomic mass is 32.1. The minimum absolute atomic E-state index is 0.0853. The van der Waals surface area contributed by atoms with Gasteiger partial charge in [0.1, 0.15) is 12.4 Å². The Morgan fingerprint density at radius 3 is 2.03 bits per heavy atom. The second-order valence-corrected chi connectivity index (χ2v) is 6.75. The molecule has 2 rings (SSSR count). The lowest BCUT2D eigenvalue weighted by Gasteiger charge is -2.15. The Balaban J connectivity index is 1.89. The SMILES string of the molecule is CCOCCOc1ccc(C(=O)NC(=S)NNC(=O)c2cc(OC)c(OC)c(OC)c2)cc1. The highest BCUT2D eigenvalue weighted by molar-refractivity contribution is 7.80. The van der Waals surface area contributed by atoms with Crippen LogP contribution in [0.3, 0.4) is 0 Å². The van der Waals surface area contributed by atoms with E-state index >= 15 is 0 Å². The number of hydrogen-bond acceptors (Lipinski definition) is 8. The lowest BCUT2D eigenvalue weighted by atomic mass is 10.1. The largest absolute Gasteiger partial charge is 0.493 e. The molecule has 0 saturated heterocycles. The molecule has 3 N–H and O–H groups in total. The summed E-state index contributed by atoms with van der Waals surface area (Å²) in [7, 11) is 4.36. The fraction of sp³-hybridized carbons (Fsp3) is 0.318. The molecule has 0 radical (unpaired) electrons. The summed E-state index contributed by atoms with van der Waals surface area (Å²) in [5.74, 6) is 0.642. The number of methoxy groups -OCH3 is 3. The van der Waals surface area contributed by atoms with Crippen molar-refractivity contribution in [3.8, 4) is 23.0 Å². The first-order valence-corrected chi connectivity index (χ1v) is 10.4. The minimum Gasteiger partial charge on any atom is -0.493 e. The van der Waals surface area contributed by atoms with E-state index in [0.717, 1.165) is 0 Å². The molecule has 0 aliphatic rings. The number of carbonyl (C=O) groups is 2. The zero-order valence-corrected chi connectivity index (χ0v) is 19.7. The molecule has 0 unspecified atom stereocenters. The quantitative estimate of drug-likeness (QED) is 0.269. The number of amides is 2. The van der Waals surface area contributed by atoms with Crippen LogP contribution in [-0.2, 0) is 4.74 Å². The zero-order chi connectivity index (χ0) is 24.2. The smallest absolute Gasteiger partial charge is 0.269 e. The third kappa shape index (κ3) is 7.51. The van der Waals surface area contributed by atoms with Crippen LogP contribution < -0.4 is 35.1 Å². The van der Waals surface area contributed by atoms with Crippen LogP contribution in [0.15, 0.2) is 36.4 Å². The van der Waals surface area contributed by atoms with E-state index < -0.39 is 11.8 Å². The van der Waals surface area contributed by atoms with Gasteiger partial charge in [-0.3, -0.25) is 25.8 Å². The molecule has 11 heteroatoms. The molecule has 0 bridgehead atoms. The predicted molar refractivity (Wildman–Crippen MR) is 125 cm³/mol. The summed E-state index contributed by atoms with van der Waals surface area (Å²) in [6.45, 7) is 3.43. The first kappa shape index (κ1) is 25.7. The van der Waals surface area contributed by atoms with E-state index in [1.165, 1.54) is 33.5 Å². The van der Waals surface area contributed by atoms with Crippen molar-refractivity contribution in [2.24, 2.45) is 0 Å². The van der Waals surface area contributed by atoms with Crippen molar-refractivity contribution in [2.75, 3.05) is 41.2 Å². The predicted octanol–water partition coefficient (Wildman–Crippen LogP) is 2.08. The topological polar surface area (TPSA) is 116 Å². The monoisotopic (exact) mass is 477 g/mol. The van der Waals surface area contributed by atoms with Gasteiger partial charge in [-0.1, -0.05) is 0 Å². The van der Waals surface area contributed by atoms with Gasteiger partial charge < -0.3 is 23.7 Å². The Kier molecular flexibility index (Phi) is 10.2. The molecule has 2 amide bonds. The molecule has 2 aromatic carbocycles. The number of carbonyl (C=O) groups excluding carboxylic acids is 2. The second-order valence-electron chi connectivity index (χ2n) is 6.35. The highest BCUT2D eigenvalue weighted by Gasteiger charge is 2.17. The fourth-order valence-corrected chi connectivity index (χ4v) is 2.81. The Morgan fingerprint density at radius 1 is 0.848 bits per heavy atom. The van der Waals surface area contributed by atoms with Crippen molar-refractivity contribution >= 4 is 29.1 Å². The maximum Gasteiger partial charge on any atom is 0.269 e. The normalized spacial score (nSPS) is 10.1. The molecule has 0 aliphatic carbocycles. The Bertz CT molecular complexity index is 942. The Morgan fingerprint density at radius 2 is 1.48 bits per heavy atom. The molecule has 0 heterocycles. The maximum absolute atomic E-state index is 12.5. The molecule has 0 atom stereocenters. The number of nitrogens with one attached hydrogen (secondary N) is 3. The van der Waals surface area contributed by atoms with Crippen molar-refractivity contribution in [3.63, 3.8) is 0 Å². The molecule has 0 aliphatic heterocycles. The van der Waals surface area contributed by atoms with Crippen LogP contribution in [0.2, 0.25) is 0 Å². The van der Waals surface area contributed by atoms with Gasteiger partial charge in [-0.05, 0) is 55.5 Å². The van der Waals surface area contributed by atoms with Gasteiger partial charge in [-0.2, -0.15) is 0 Å². The van der Waals surface area contributed by atoms with Crippen LogP contribution in [0.5, 0.6) is 23.0 Å². The maximum atomic E-state index is 12.5. The molecule has 2 aromatic rings. The van der Waals surface area contributed by atoms with Gasteiger partial charge in [0.2, 0.25) is 5.75 Å². The van der Waals surface area contributed by atoms with Crippen molar-refractivity contribution in [2.45, 2.75) is 6.92 Å². The van der Waals surface area contributed by atoms with Gasteiger partial charge in [0.05, 0.1) is 27.9 Å². The van der Waals surface area contributed by atoms with Crippen LogP contribution in [0.1, 0.15) is 27.6 Å². The molecule has 0 aromatic heterocycles. The zero-order valence-electron chi connectivity index (χ0n) is 18.9. The summed E-state index contributed by atoms with van der Waals surface area (Å²) < 4.78 is 26.4. The first-order valence-electron chi connectivity index (χ1n) is 9.95. The van der Waals surface area contributed by atoms with E-state index in [-0.39, 0.29) is 10.7 Å². The molecule has 178 valence electrons. The highest BCUT2D eigenvalue weighted by Crippen LogP contribution is 2.38. The number of rotatable bonds is 10. The third-order valence-corrected chi connectivity index (χ3v) is 4.46. The van der Waals surface area contributed by atoms with Crippen LogP contribution >= 0.6 is 12.2 Å². The number of ether oxygens (including phenoxy) is 5. The number of thiocarbonyl (C=S) groups is 1. The molecule has 10 nitrogen and oxygen atoms in total. The second kappa shape index (κ2) is 13.1. The van der Waals surface area contributed by atoms with Crippen molar-refractivity contribution < 1.29 is 33.3 Å². The van der Waals surface area contributed by atoms with E-state index in [1.54, 1.807) is 24.3 Å². The number of hydrogen-bond donors (Lipinski definition) is 3. The average molecular weight is 478 g/mol. The molecule has 33 heavy (non-hydrogen) atoms. The Labute approximate surface area is 197 Å². The summed E-state index contributed by atoms with van der Waals surface area (Å²) in [6.07, 6.45) is 0. The van der Waals surface area contributed by atoms with E-state index in [0.29, 0.717) is 48.4 Å². The van der Waals surface area contributed by atoms with E-state index in [2.05, 4.69) is 16.2 Å². The van der Waals surface area contributed by atoms with Gasteiger partial charge in [-0.25, -0.2) is 0 Å². The molecule has 0 spiro atoms. The van der Waals surface area contributed by atoms with Crippen LogP contribution in [-0.4, -0.2) is 58.1 Å². The summed E-state index contributed by atoms with van der Waals surface area (Å²) in [5, 5.41) is 2.40. The molecule has 0 saturated carbocycles. The molecular formula is C22H27N3O7S. The van der Waals surface area contributed by atoms with Gasteiger partial charge in [0.25, 0.3) is 11.8 Å². The van der Waals surface area contributed by atoms with Gasteiger partial charge >= 0.3 is 0 Å². The van der Waals surface area contributed by atoms with Crippen molar-refractivity contribution in [1.82, 2.24) is 16.2 Å². The lowest BCUT2D eigenvalue weighted by molar-refractivity contribution is 0.0934. The standard InChI is InChI=1S/C22H27N3O7S/c1-5-31-10-11-32-16-8-6-14(7-9-16)20(26)23-22(33)25-24-21(27)15-12-17(28-2)19(30-4)18(13-15)29-3/h6-9,12-13H,5,10-11H2,1-4H3,(H,24,27)(H2,23,25,26,33). The van der Waals surface area contributed by atoms with Crippen LogP contribution in [0.4, 0.5) is 0 Å². The summed E-state index contributed by atoms with van der Waals surface area (Å²) in [5.41, 5.74) is 5.49. The third-order valence-electron chi connectivity index (χ3n) is 4.26. The Hall–Kier alpha value is -3.57.